The van der Waals surface area contributed by atoms with Crippen molar-refractivity contribution in [3.8, 4) is 5.75 Å². The maximum Gasteiger partial charge on any atom is 0.273 e. The van der Waals surface area contributed by atoms with Crippen LogP contribution in [-0.4, -0.2) is 23.5 Å². The molecule has 0 saturated carbocycles. The summed E-state index contributed by atoms with van der Waals surface area (Å²) in [6.45, 7) is 5.31. The van der Waals surface area contributed by atoms with E-state index in [4.69, 9.17) is 21.4 Å². The fraction of sp³-hybridized carbons (Fsp3) is 0.235. The van der Waals surface area contributed by atoms with Gasteiger partial charge in [0.05, 0.1) is 11.8 Å². The molecule has 8 heteroatoms. The van der Waals surface area contributed by atoms with Crippen LogP contribution in [0.25, 0.3) is 0 Å². The molecule has 7 nitrogen and oxygen atoms in total. The highest BCUT2D eigenvalue weighted by Crippen LogP contribution is 2.18. The van der Waals surface area contributed by atoms with Crippen molar-refractivity contribution in [1.29, 1.82) is 0 Å². The van der Waals surface area contributed by atoms with Crippen LogP contribution in [0.5, 0.6) is 5.75 Å². The number of hydrogen-bond acceptors (Lipinski definition) is 5. The highest BCUT2D eigenvalue weighted by Gasteiger charge is 2.12. The average molecular weight is 361 g/mol. The van der Waals surface area contributed by atoms with Crippen LogP contribution in [-0.2, 0) is 4.79 Å². The molecule has 0 aliphatic heterocycles. The summed E-state index contributed by atoms with van der Waals surface area (Å²) in [7, 11) is 0. The molecule has 1 aromatic carbocycles. The molecule has 2 rings (SSSR count). The number of benzene rings is 1. The van der Waals surface area contributed by atoms with Gasteiger partial charge in [0, 0.05) is 0 Å². The van der Waals surface area contributed by atoms with Gasteiger partial charge in [-0.25, -0.2) is 0 Å². The summed E-state index contributed by atoms with van der Waals surface area (Å²) in [5, 5.41) is 2.38. The van der Waals surface area contributed by atoms with E-state index in [9.17, 15) is 9.59 Å². The molecule has 25 heavy (non-hydrogen) atoms. The molecule has 0 saturated heterocycles. The molecule has 2 amide bonds. The number of aryl methyl sites for hydroxylation is 3. The Morgan fingerprint density at radius 1 is 1.16 bits per heavy atom. The largest absolute Gasteiger partial charge is 0.483 e. The number of ether oxygens (including phenoxy) is 1. The van der Waals surface area contributed by atoms with Crippen LogP contribution in [0.2, 0.25) is 0 Å². The normalized spacial score (nSPS) is 10.0. The smallest absolute Gasteiger partial charge is 0.273 e. The molecule has 0 unspecified atom stereocenters. The lowest BCUT2D eigenvalue weighted by Crippen LogP contribution is -2.49. The first kappa shape index (κ1) is 18.5. The van der Waals surface area contributed by atoms with Gasteiger partial charge >= 0.3 is 0 Å². The van der Waals surface area contributed by atoms with Crippen molar-refractivity contribution >= 4 is 29.1 Å². The minimum atomic E-state index is -0.438. The van der Waals surface area contributed by atoms with Crippen LogP contribution in [0.3, 0.4) is 0 Å². The van der Waals surface area contributed by atoms with Crippen LogP contribution >= 0.6 is 12.2 Å². The van der Waals surface area contributed by atoms with Gasteiger partial charge in [-0.3, -0.25) is 25.8 Å². The van der Waals surface area contributed by atoms with Crippen molar-refractivity contribution < 1.29 is 18.7 Å². The highest BCUT2D eigenvalue weighted by atomic mass is 32.1. The summed E-state index contributed by atoms with van der Waals surface area (Å²) in [4.78, 5) is 23.7. The van der Waals surface area contributed by atoms with E-state index in [-0.39, 0.29) is 11.7 Å². The lowest BCUT2D eigenvalue weighted by atomic mass is 10.1. The standard InChI is InChI=1S/C17H19N3O4S/c1-10-4-5-11(2)14(8-10)24-9-15(21)18-17(25)20-19-16(22)13-6-7-23-12(13)3/h4-8H,9H2,1-3H3,(H,19,22)(H2,18,20,21,25). The van der Waals surface area contributed by atoms with Crippen molar-refractivity contribution in [3.63, 3.8) is 0 Å². The fourth-order valence-electron chi connectivity index (χ4n) is 2.00. The van der Waals surface area contributed by atoms with E-state index in [1.54, 1.807) is 6.92 Å². The van der Waals surface area contributed by atoms with E-state index in [0.717, 1.165) is 11.1 Å². The van der Waals surface area contributed by atoms with Gasteiger partial charge in [0.25, 0.3) is 11.8 Å². The van der Waals surface area contributed by atoms with E-state index in [2.05, 4.69) is 16.2 Å². The molecule has 2 aromatic rings. The van der Waals surface area contributed by atoms with Crippen LogP contribution in [0.4, 0.5) is 0 Å². The molecule has 0 spiro atoms. The first-order valence-electron chi connectivity index (χ1n) is 7.51. The molecule has 1 heterocycles. The van der Waals surface area contributed by atoms with Crippen molar-refractivity contribution in [3.05, 3.63) is 53.0 Å². The predicted molar refractivity (Wildman–Crippen MR) is 96.2 cm³/mol. The molecule has 0 radical (unpaired) electrons. The number of carbonyl (C=O) groups excluding carboxylic acids is 2. The van der Waals surface area contributed by atoms with E-state index < -0.39 is 11.8 Å². The molecule has 1 aromatic heterocycles. The van der Waals surface area contributed by atoms with E-state index in [0.29, 0.717) is 17.1 Å². The molecular formula is C17H19N3O4S. The van der Waals surface area contributed by atoms with Crippen LogP contribution < -0.4 is 20.9 Å². The zero-order valence-corrected chi connectivity index (χ0v) is 15.0. The number of nitrogens with one attached hydrogen (secondary N) is 3. The maximum atomic E-state index is 11.9. The van der Waals surface area contributed by atoms with E-state index in [1.807, 2.05) is 32.0 Å². The summed E-state index contributed by atoms with van der Waals surface area (Å²) < 4.78 is 10.5. The summed E-state index contributed by atoms with van der Waals surface area (Å²) >= 11 is 4.95. The van der Waals surface area contributed by atoms with Gasteiger partial charge < -0.3 is 9.15 Å². The van der Waals surface area contributed by atoms with Gasteiger partial charge in [0.2, 0.25) is 0 Å². The number of furan rings is 1. The lowest BCUT2D eigenvalue weighted by Gasteiger charge is -2.12. The van der Waals surface area contributed by atoms with Crippen molar-refractivity contribution in [1.82, 2.24) is 16.2 Å². The van der Waals surface area contributed by atoms with E-state index >= 15 is 0 Å². The molecule has 0 aliphatic carbocycles. The minimum Gasteiger partial charge on any atom is -0.483 e. The number of rotatable bonds is 4. The molecule has 0 bridgehead atoms. The van der Waals surface area contributed by atoms with Gasteiger partial charge in [-0.2, -0.15) is 0 Å². The van der Waals surface area contributed by atoms with Crippen molar-refractivity contribution in [2.75, 3.05) is 6.61 Å². The van der Waals surface area contributed by atoms with Gasteiger partial charge in [0.15, 0.2) is 11.7 Å². The predicted octanol–water partition coefficient (Wildman–Crippen LogP) is 1.92. The third-order valence-corrected chi connectivity index (χ3v) is 3.55. The lowest BCUT2D eigenvalue weighted by molar-refractivity contribution is -0.121. The third kappa shape index (κ3) is 5.32. The second-order valence-electron chi connectivity index (χ2n) is 5.40. The zero-order chi connectivity index (χ0) is 18.4. The molecule has 3 N–H and O–H groups in total. The van der Waals surface area contributed by atoms with E-state index in [1.165, 1.54) is 12.3 Å². The highest BCUT2D eigenvalue weighted by molar-refractivity contribution is 7.80. The molecular weight excluding hydrogens is 342 g/mol. The monoisotopic (exact) mass is 361 g/mol. The first-order chi connectivity index (χ1) is 11.9. The second-order valence-corrected chi connectivity index (χ2v) is 5.81. The molecule has 0 aliphatic rings. The number of carbonyl (C=O) groups is 2. The fourth-order valence-corrected chi connectivity index (χ4v) is 2.17. The van der Waals surface area contributed by atoms with Gasteiger partial charge in [-0.05, 0) is 56.2 Å². The Balaban J connectivity index is 1.76. The zero-order valence-electron chi connectivity index (χ0n) is 14.1. The first-order valence-corrected chi connectivity index (χ1v) is 7.92. The molecule has 0 fully saturated rings. The summed E-state index contributed by atoms with van der Waals surface area (Å²) in [5.74, 6) is 0.260. The topological polar surface area (TPSA) is 92.6 Å². The Labute approximate surface area is 150 Å². The molecule has 0 atom stereocenters. The number of thiocarbonyl (C=S) groups is 1. The number of hydrazine groups is 1. The van der Waals surface area contributed by atoms with Crippen LogP contribution in [0, 0.1) is 20.8 Å². The van der Waals surface area contributed by atoms with Crippen LogP contribution in [0.1, 0.15) is 27.2 Å². The third-order valence-electron chi connectivity index (χ3n) is 3.35. The molecule has 132 valence electrons. The summed E-state index contributed by atoms with van der Waals surface area (Å²) in [5.41, 5.74) is 7.17. The number of hydrogen-bond donors (Lipinski definition) is 3. The van der Waals surface area contributed by atoms with Gasteiger partial charge in [0.1, 0.15) is 11.5 Å². The Morgan fingerprint density at radius 2 is 1.92 bits per heavy atom. The Bertz CT molecular complexity index is 801. The Kier molecular flexibility index (Phi) is 6.13. The minimum absolute atomic E-state index is 0.0379. The summed E-state index contributed by atoms with van der Waals surface area (Å²) in [6.07, 6.45) is 1.41. The SMILES string of the molecule is Cc1ccc(C)c(OCC(=O)NC(=S)NNC(=O)c2ccoc2C)c1. The summed E-state index contributed by atoms with van der Waals surface area (Å²) in [6, 6.07) is 7.27. The quantitative estimate of drug-likeness (QED) is 0.569. The Morgan fingerprint density at radius 3 is 2.60 bits per heavy atom. The average Bonchev–Trinajstić information content (AvgIpc) is 2.99. The van der Waals surface area contributed by atoms with Gasteiger partial charge in [-0.15, -0.1) is 0 Å². The second kappa shape index (κ2) is 8.29. The van der Waals surface area contributed by atoms with Crippen molar-refractivity contribution in [2.24, 2.45) is 0 Å². The van der Waals surface area contributed by atoms with Crippen LogP contribution in [0.15, 0.2) is 34.9 Å². The van der Waals surface area contributed by atoms with Crippen molar-refractivity contribution in [2.45, 2.75) is 20.8 Å². The number of amides is 2. The maximum absolute atomic E-state index is 11.9. The van der Waals surface area contributed by atoms with Gasteiger partial charge in [-0.1, -0.05) is 12.1 Å². The Hall–Kier alpha value is -2.87.